The van der Waals surface area contributed by atoms with Crippen molar-refractivity contribution in [1.29, 1.82) is 0 Å². The molecule has 0 amide bonds. The Bertz CT molecular complexity index is 1320. The fourth-order valence-electron chi connectivity index (χ4n) is 3.27. The van der Waals surface area contributed by atoms with Crippen molar-refractivity contribution in [3.63, 3.8) is 0 Å². The molecule has 0 saturated heterocycles. The maximum atomic E-state index is 12.3. The van der Waals surface area contributed by atoms with Gasteiger partial charge in [-0.2, -0.15) is 5.10 Å². The molecule has 0 aliphatic heterocycles. The fraction of sp³-hybridized carbons (Fsp3) is 0.125. The number of aromatic nitrogens is 2. The highest BCUT2D eigenvalue weighted by atomic mass is 35.5. The zero-order valence-corrected chi connectivity index (χ0v) is 21.2. The number of anilines is 2. The maximum absolute atomic E-state index is 12.3. The van der Waals surface area contributed by atoms with Gasteiger partial charge in [0.15, 0.2) is 10.9 Å². The highest BCUT2D eigenvalue weighted by Gasteiger charge is 2.18. The molecule has 6 nitrogen and oxygen atoms in total. The van der Waals surface area contributed by atoms with Crippen LogP contribution in [0.25, 0.3) is 0 Å². The number of nitrogens with one attached hydrogen (secondary N) is 2. The molecular formula is C24H20Cl2N4O2S2. The minimum atomic E-state index is -0.426. The Balaban J connectivity index is 1.43. The Morgan fingerprint density at radius 1 is 1.12 bits per heavy atom. The zero-order valence-electron chi connectivity index (χ0n) is 18.0. The molecule has 0 unspecified atom stereocenters. The van der Waals surface area contributed by atoms with Gasteiger partial charge in [-0.15, -0.1) is 11.3 Å². The number of ether oxygens (including phenoxy) is 1. The Labute approximate surface area is 216 Å². The number of thiocarbonyl (C=S) groups is 1. The first-order valence-electron chi connectivity index (χ1n) is 10.2. The highest BCUT2D eigenvalue weighted by Crippen LogP contribution is 2.31. The average Bonchev–Trinajstić information content (AvgIpc) is 3.42. The van der Waals surface area contributed by atoms with Gasteiger partial charge in [-0.05, 0) is 41.5 Å². The molecule has 2 aromatic carbocycles. The van der Waals surface area contributed by atoms with Crippen molar-refractivity contribution >= 4 is 68.7 Å². The van der Waals surface area contributed by atoms with Crippen molar-refractivity contribution in [2.75, 3.05) is 17.7 Å². The van der Waals surface area contributed by atoms with Crippen LogP contribution in [0.3, 0.4) is 0 Å². The summed E-state index contributed by atoms with van der Waals surface area (Å²) in [7, 11) is 1.36. The number of carbonyl (C=O) groups is 1. The monoisotopic (exact) mass is 530 g/mol. The van der Waals surface area contributed by atoms with E-state index in [1.807, 2.05) is 48.7 Å². The Morgan fingerprint density at radius 3 is 2.65 bits per heavy atom. The minimum absolute atomic E-state index is 0.313. The number of halogens is 2. The topological polar surface area (TPSA) is 68.2 Å². The van der Waals surface area contributed by atoms with Crippen molar-refractivity contribution in [2.24, 2.45) is 0 Å². The van der Waals surface area contributed by atoms with Gasteiger partial charge in [0, 0.05) is 33.6 Å². The molecule has 0 aliphatic rings. The van der Waals surface area contributed by atoms with E-state index in [0.29, 0.717) is 44.5 Å². The first kappa shape index (κ1) is 24.2. The van der Waals surface area contributed by atoms with E-state index in [9.17, 15) is 4.79 Å². The van der Waals surface area contributed by atoms with Gasteiger partial charge >= 0.3 is 5.97 Å². The quantitative estimate of drug-likeness (QED) is 0.210. The van der Waals surface area contributed by atoms with Crippen molar-refractivity contribution < 1.29 is 9.53 Å². The summed E-state index contributed by atoms with van der Waals surface area (Å²) in [5.41, 5.74) is 2.48. The van der Waals surface area contributed by atoms with Crippen LogP contribution < -0.4 is 10.6 Å². The van der Waals surface area contributed by atoms with Gasteiger partial charge in [0.25, 0.3) is 0 Å². The van der Waals surface area contributed by atoms with Crippen molar-refractivity contribution in [3.8, 4) is 0 Å². The third-order valence-electron chi connectivity index (χ3n) is 4.87. The van der Waals surface area contributed by atoms with Gasteiger partial charge < -0.3 is 15.4 Å². The first-order chi connectivity index (χ1) is 16.4. The van der Waals surface area contributed by atoms with Crippen LogP contribution in [0.2, 0.25) is 10.0 Å². The highest BCUT2D eigenvalue weighted by molar-refractivity contribution is 7.80. The van der Waals surface area contributed by atoms with Crippen LogP contribution in [0.15, 0.2) is 66.9 Å². The largest absolute Gasteiger partial charge is 0.465 e. The fourth-order valence-corrected chi connectivity index (χ4v) is 5.09. The molecular weight excluding hydrogens is 511 g/mol. The van der Waals surface area contributed by atoms with Crippen LogP contribution in [-0.2, 0) is 17.7 Å². The second-order valence-corrected chi connectivity index (χ2v) is 9.71. The predicted octanol–water partition coefficient (Wildman–Crippen LogP) is 6.49. The smallest absolute Gasteiger partial charge is 0.340 e. The van der Waals surface area contributed by atoms with Gasteiger partial charge in [-0.3, -0.25) is 4.68 Å². The van der Waals surface area contributed by atoms with E-state index in [1.165, 1.54) is 18.4 Å². The molecule has 0 saturated carbocycles. The summed E-state index contributed by atoms with van der Waals surface area (Å²) in [6.45, 7) is 0.484. The molecule has 0 bridgehead atoms. The third-order valence-corrected chi connectivity index (χ3v) is 6.71. The summed E-state index contributed by atoms with van der Waals surface area (Å²) >= 11 is 19.1. The molecule has 2 N–H and O–H groups in total. The summed E-state index contributed by atoms with van der Waals surface area (Å²) in [5.74, 6) is 0.133. The molecule has 10 heteroatoms. The lowest BCUT2D eigenvalue weighted by molar-refractivity contribution is 0.0602. The number of rotatable bonds is 7. The molecule has 34 heavy (non-hydrogen) atoms. The first-order valence-corrected chi connectivity index (χ1v) is 12.2. The van der Waals surface area contributed by atoms with Crippen LogP contribution in [0.5, 0.6) is 0 Å². The van der Waals surface area contributed by atoms with E-state index < -0.39 is 5.97 Å². The molecule has 0 aliphatic carbocycles. The maximum Gasteiger partial charge on any atom is 0.340 e. The van der Waals surface area contributed by atoms with E-state index in [0.717, 1.165) is 16.0 Å². The molecule has 0 fully saturated rings. The normalized spacial score (nSPS) is 10.7. The van der Waals surface area contributed by atoms with Crippen molar-refractivity contribution in [2.45, 2.75) is 13.0 Å². The van der Waals surface area contributed by atoms with Gasteiger partial charge in [0.05, 0.1) is 19.2 Å². The number of nitrogens with zero attached hydrogens (tertiary/aromatic N) is 2. The molecule has 4 rings (SSSR count). The third kappa shape index (κ3) is 6.15. The SMILES string of the molecule is COC(=O)c1cc(Cc2ccccc2)sc1NC(=S)Nc1ccn(Cc2ccc(Cl)cc2Cl)n1. The standard InChI is InChI=1S/C24H20Cl2N4O2S2/c1-32-23(31)19-13-18(11-15-5-3-2-4-6-15)34-22(19)28-24(33)27-21-9-10-30(29-21)14-16-7-8-17(25)12-20(16)26/h2-10,12-13H,11,14H2,1H3,(H2,27,28,29,33). The van der Waals surface area contributed by atoms with E-state index in [4.69, 9.17) is 40.2 Å². The number of hydrogen-bond acceptors (Lipinski definition) is 5. The number of carbonyl (C=O) groups excluding carboxylic acids is 1. The molecule has 4 aromatic rings. The van der Waals surface area contributed by atoms with Gasteiger partial charge in [0.1, 0.15) is 5.00 Å². The lowest BCUT2D eigenvalue weighted by atomic mass is 10.1. The summed E-state index contributed by atoms with van der Waals surface area (Å²) in [6.07, 6.45) is 2.52. The number of hydrogen-bond donors (Lipinski definition) is 2. The molecule has 2 aromatic heterocycles. The lowest BCUT2D eigenvalue weighted by Crippen LogP contribution is -2.20. The zero-order chi connectivity index (χ0) is 24.1. The lowest BCUT2D eigenvalue weighted by Gasteiger charge is -2.09. The Hall–Kier alpha value is -2.91. The van der Waals surface area contributed by atoms with Crippen LogP contribution in [0, 0.1) is 0 Å². The van der Waals surface area contributed by atoms with Crippen LogP contribution in [0.1, 0.15) is 26.4 Å². The van der Waals surface area contributed by atoms with E-state index in [1.54, 1.807) is 22.9 Å². The van der Waals surface area contributed by atoms with E-state index >= 15 is 0 Å². The van der Waals surface area contributed by atoms with Crippen LogP contribution in [0.4, 0.5) is 10.8 Å². The van der Waals surface area contributed by atoms with E-state index in [-0.39, 0.29) is 0 Å². The number of thiophene rings is 1. The second kappa shape index (κ2) is 11.0. The summed E-state index contributed by atoms with van der Waals surface area (Å²) in [4.78, 5) is 13.3. The summed E-state index contributed by atoms with van der Waals surface area (Å²) in [5, 5.41) is 12.7. The predicted molar refractivity (Wildman–Crippen MR) is 143 cm³/mol. The van der Waals surface area contributed by atoms with Gasteiger partial charge in [-0.25, -0.2) is 4.79 Å². The van der Waals surface area contributed by atoms with Crippen LogP contribution in [-0.4, -0.2) is 28.0 Å². The van der Waals surface area contributed by atoms with Crippen LogP contribution >= 0.6 is 46.8 Å². The minimum Gasteiger partial charge on any atom is -0.465 e. The van der Waals surface area contributed by atoms with Gasteiger partial charge in [0.2, 0.25) is 0 Å². The molecule has 0 atom stereocenters. The van der Waals surface area contributed by atoms with E-state index in [2.05, 4.69) is 15.7 Å². The Morgan fingerprint density at radius 2 is 1.91 bits per heavy atom. The molecule has 0 spiro atoms. The van der Waals surface area contributed by atoms with Crippen molar-refractivity contribution in [3.05, 3.63) is 98.5 Å². The molecule has 174 valence electrons. The molecule has 2 heterocycles. The Kier molecular flexibility index (Phi) is 7.84. The number of esters is 1. The summed E-state index contributed by atoms with van der Waals surface area (Å²) in [6, 6.07) is 19.0. The second-order valence-electron chi connectivity index (χ2n) is 7.32. The summed E-state index contributed by atoms with van der Waals surface area (Å²) < 4.78 is 6.69. The molecule has 0 radical (unpaired) electrons. The van der Waals surface area contributed by atoms with Crippen molar-refractivity contribution in [1.82, 2.24) is 9.78 Å². The van der Waals surface area contributed by atoms with Gasteiger partial charge in [-0.1, -0.05) is 59.6 Å². The average molecular weight is 531 g/mol. The number of benzene rings is 2. The number of methoxy groups -OCH3 is 1.